The maximum Gasteiger partial charge on any atom is 0.345 e. The molecule has 3 heterocycles. The first-order chi connectivity index (χ1) is 14.9. The van der Waals surface area contributed by atoms with Crippen molar-refractivity contribution in [3.05, 3.63) is 61.1 Å². The summed E-state index contributed by atoms with van der Waals surface area (Å²) in [5.74, 6) is -0.388. The monoisotopic (exact) mass is 498 g/mol. The van der Waals surface area contributed by atoms with Crippen molar-refractivity contribution in [1.82, 2.24) is 19.9 Å². The summed E-state index contributed by atoms with van der Waals surface area (Å²) in [6, 6.07) is 5.46. The number of hydrogen-bond acceptors (Lipinski definition) is 6. The highest BCUT2D eigenvalue weighted by molar-refractivity contribution is 7.99. The molecule has 0 unspecified atom stereocenters. The topological polar surface area (TPSA) is 79.0 Å². The number of piperidine rings is 1. The van der Waals surface area contributed by atoms with E-state index in [0.717, 1.165) is 47.1 Å². The number of likely N-dealkylation sites (tertiary alicyclic amines) is 1. The summed E-state index contributed by atoms with van der Waals surface area (Å²) in [6.45, 7) is 1.22. The van der Waals surface area contributed by atoms with Crippen LogP contribution in [0.15, 0.2) is 39.6 Å². The molecule has 1 fully saturated rings. The number of rotatable bonds is 5. The Balaban J connectivity index is 1.33. The van der Waals surface area contributed by atoms with E-state index in [9.17, 15) is 14.0 Å². The molecule has 4 rings (SSSR count). The minimum absolute atomic E-state index is 0.0286. The van der Waals surface area contributed by atoms with Gasteiger partial charge in [-0.3, -0.25) is 9.78 Å². The summed E-state index contributed by atoms with van der Waals surface area (Å²) in [7, 11) is 0. The smallest absolute Gasteiger partial charge is 0.342 e. The number of carbonyl (C=O) groups is 1. The van der Waals surface area contributed by atoms with Gasteiger partial charge in [-0.25, -0.2) is 14.2 Å². The van der Waals surface area contributed by atoms with Crippen LogP contribution in [-0.4, -0.2) is 44.6 Å². The third-order valence-corrected chi connectivity index (χ3v) is 7.73. The summed E-state index contributed by atoms with van der Waals surface area (Å²) in [5, 5.41) is 4.08. The molecule has 1 N–H and O–H groups in total. The Bertz CT molecular complexity index is 1160. The normalized spacial score (nSPS) is 14.7. The lowest BCUT2D eigenvalue weighted by Gasteiger charge is -2.31. The lowest BCUT2D eigenvalue weighted by atomic mass is 9.97. The predicted molar refractivity (Wildman–Crippen MR) is 122 cm³/mol. The maximum absolute atomic E-state index is 13.7. The SMILES string of the molecule is O=C(CSc1[nH]c(=O)ncc1F)N1CCC(c2nc(-c3ccc(Cl)c(Cl)c3)cs2)CC1. The second-order valence-corrected chi connectivity index (χ2v) is 9.70. The number of benzene rings is 1. The van der Waals surface area contributed by atoms with Crippen molar-refractivity contribution in [1.29, 1.82) is 0 Å². The number of nitrogens with one attached hydrogen (secondary N) is 1. The third kappa shape index (κ3) is 5.28. The second-order valence-electron chi connectivity index (χ2n) is 7.01. The molecule has 1 aliphatic rings. The molecule has 1 saturated heterocycles. The zero-order valence-corrected chi connectivity index (χ0v) is 19.3. The van der Waals surface area contributed by atoms with Crippen LogP contribution in [0.3, 0.4) is 0 Å². The minimum Gasteiger partial charge on any atom is -0.342 e. The van der Waals surface area contributed by atoms with Gasteiger partial charge in [0, 0.05) is 30.0 Å². The van der Waals surface area contributed by atoms with E-state index in [1.54, 1.807) is 28.4 Å². The molecule has 0 spiro atoms. The van der Waals surface area contributed by atoms with E-state index in [1.807, 2.05) is 11.4 Å². The summed E-state index contributed by atoms with van der Waals surface area (Å²) < 4.78 is 13.7. The summed E-state index contributed by atoms with van der Waals surface area (Å²) >= 11 is 14.7. The van der Waals surface area contributed by atoms with E-state index >= 15 is 0 Å². The number of aromatic nitrogens is 3. The minimum atomic E-state index is -0.641. The van der Waals surface area contributed by atoms with Gasteiger partial charge in [0.15, 0.2) is 5.82 Å². The van der Waals surface area contributed by atoms with Gasteiger partial charge in [0.2, 0.25) is 5.91 Å². The zero-order valence-electron chi connectivity index (χ0n) is 16.1. The lowest BCUT2D eigenvalue weighted by molar-refractivity contribution is -0.129. The van der Waals surface area contributed by atoms with Crippen LogP contribution in [0.4, 0.5) is 4.39 Å². The van der Waals surface area contributed by atoms with Crippen LogP contribution >= 0.6 is 46.3 Å². The van der Waals surface area contributed by atoms with Gasteiger partial charge in [-0.1, -0.05) is 41.0 Å². The molecule has 0 atom stereocenters. The van der Waals surface area contributed by atoms with Crippen molar-refractivity contribution in [3.63, 3.8) is 0 Å². The molecular formula is C20H17Cl2FN4O2S2. The van der Waals surface area contributed by atoms with Crippen molar-refractivity contribution in [3.8, 4) is 11.3 Å². The summed E-state index contributed by atoms with van der Waals surface area (Å²) in [5.41, 5.74) is 1.14. The first-order valence-electron chi connectivity index (χ1n) is 9.47. The Hall–Kier alpha value is -1.94. The Morgan fingerprint density at radius 1 is 1.29 bits per heavy atom. The highest BCUT2D eigenvalue weighted by Gasteiger charge is 2.26. The Morgan fingerprint density at radius 3 is 2.81 bits per heavy atom. The fraction of sp³-hybridized carbons (Fsp3) is 0.300. The van der Waals surface area contributed by atoms with E-state index in [-0.39, 0.29) is 22.6 Å². The highest BCUT2D eigenvalue weighted by Crippen LogP contribution is 2.34. The van der Waals surface area contributed by atoms with Crippen molar-refractivity contribution in [2.75, 3.05) is 18.8 Å². The van der Waals surface area contributed by atoms with Crippen LogP contribution in [-0.2, 0) is 4.79 Å². The van der Waals surface area contributed by atoms with Gasteiger partial charge >= 0.3 is 5.69 Å². The van der Waals surface area contributed by atoms with E-state index in [2.05, 4.69) is 9.97 Å². The number of H-pyrrole nitrogens is 1. The molecule has 6 nitrogen and oxygen atoms in total. The fourth-order valence-corrected chi connectivity index (χ4v) is 5.43. The first-order valence-corrected chi connectivity index (χ1v) is 12.1. The number of nitrogens with zero attached hydrogens (tertiary/aromatic N) is 3. The Kier molecular flexibility index (Phi) is 6.95. The molecule has 31 heavy (non-hydrogen) atoms. The molecule has 0 bridgehead atoms. The second kappa shape index (κ2) is 9.68. The average molecular weight is 499 g/mol. The lowest BCUT2D eigenvalue weighted by Crippen LogP contribution is -2.39. The number of thioether (sulfide) groups is 1. The van der Waals surface area contributed by atoms with Gasteiger partial charge in [0.1, 0.15) is 5.03 Å². The van der Waals surface area contributed by atoms with Gasteiger partial charge < -0.3 is 4.90 Å². The quantitative estimate of drug-likeness (QED) is 0.402. The van der Waals surface area contributed by atoms with Gasteiger partial charge in [0.25, 0.3) is 0 Å². The summed E-state index contributed by atoms with van der Waals surface area (Å²) in [6.07, 6.45) is 2.48. The van der Waals surface area contributed by atoms with Crippen LogP contribution in [0.2, 0.25) is 10.0 Å². The van der Waals surface area contributed by atoms with Crippen LogP contribution in [0.1, 0.15) is 23.8 Å². The summed E-state index contributed by atoms with van der Waals surface area (Å²) in [4.78, 5) is 35.9. The van der Waals surface area contributed by atoms with Crippen molar-refractivity contribution in [2.24, 2.45) is 0 Å². The number of carbonyl (C=O) groups excluding carboxylic acids is 1. The maximum atomic E-state index is 13.7. The average Bonchev–Trinajstić information content (AvgIpc) is 3.26. The molecule has 1 amide bonds. The largest absolute Gasteiger partial charge is 0.345 e. The number of hydrogen-bond donors (Lipinski definition) is 1. The molecule has 1 aromatic carbocycles. The van der Waals surface area contributed by atoms with Crippen LogP contribution in [0.25, 0.3) is 11.3 Å². The van der Waals surface area contributed by atoms with Crippen molar-refractivity contribution in [2.45, 2.75) is 23.8 Å². The molecule has 162 valence electrons. The van der Waals surface area contributed by atoms with E-state index in [4.69, 9.17) is 28.2 Å². The molecule has 2 aromatic heterocycles. The van der Waals surface area contributed by atoms with E-state index in [1.165, 1.54) is 0 Å². The van der Waals surface area contributed by atoms with Gasteiger partial charge in [-0.15, -0.1) is 11.3 Å². The molecule has 0 radical (unpaired) electrons. The van der Waals surface area contributed by atoms with E-state index in [0.29, 0.717) is 23.1 Å². The van der Waals surface area contributed by atoms with Crippen molar-refractivity contribution >= 4 is 52.2 Å². The number of thiazole rings is 1. The fourth-order valence-electron chi connectivity index (χ4n) is 3.33. The molecule has 11 heteroatoms. The van der Waals surface area contributed by atoms with Gasteiger partial charge in [-0.2, -0.15) is 4.98 Å². The van der Waals surface area contributed by atoms with Crippen LogP contribution in [0, 0.1) is 5.82 Å². The Morgan fingerprint density at radius 2 is 2.06 bits per heavy atom. The third-order valence-electron chi connectivity index (χ3n) is 5.01. The van der Waals surface area contributed by atoms with Gasteiger partial charge in [0.05, 0.1) is 32.7 Å². The molecular weight excluding hydrogens is 482 g/mol. The van der Waals surface area contributed by atoms with Crippen molar-refractivity contribution < 1.29 is 9.18 Å². The number of halogens is 3. The molecule has 0 saturated carbocycles. The van der Waals surface area contributed by atoms with Crippen LogP contribution < -0.4 is 5.69 Å². The molecule has 1 aliphatic heterocycles. The van der Waals surface area contributed by atoms with Gasteiger partial charge in [-0.05, 0) is 25.0 Å². The first kappa shape index (κ1) is 22.3. The van der Waals surface area contributed by atoms with E-state index < -0.39 is 11.5 Å². The number of aromatic amines is 1. The zero-order chi connectivity index (χ0) is 22.0. The molecule has 3 aromatic rings. The number of amides is 1. The highest BCUT2D eigenvalue weighted by atomic mass is 35.5. The standard InChI is InChI=1S/C20H17Cl2FN4O2S2/c21-13-2-1-12(7-14(13)22)16-9-30-18(25-16)11-3-5-27(6-4-11)17(28)10-31-19-15(23)8-24-20(29)26-19/h1-2,7-9,11H,3-6,10H2,(H,24,26,29). The predicted octanol–water partition coefficient (Wildman–Crippen LogP) is 4.84. The Labute approximate surface area is 195 Å². The van der Waals surface area contributed by atoms with Crippen LogP contribution in [0.5, 0.6) is 0 Å². The molecule has 0 aliphatic carbocycles.